The van der Waals surface area contributed by atoms with E-state index in [9.17, 15) is 4.21 Å². The van der Waals surface area contributed by atoms with Crippen LogP contribution in [-0.4, -0.2) is 40.8 Å². The van der Waals surface area contributed by atoms with Crippen LogP contribution in [0.25, 0.3) is 0 Å². The monoisotopic (exact) mass is 195 g/mol. The molecular weight excluding hydrogens is 178 g/mol. The molecule has 0 heterocycles. The topological polar surface area (TPSA) is 29.1 Å². The Bertz CT molecular complexity index is 119. The molecule has 11 heavy (non-hydrogen) atoms. The van der Waals surface area contributed by atoms with Crippen LogP contribution in [0.5, 0.6) is 0 Å². The molecule has 68 valence electrons. The molecule has 4 heteroatoms. The smallest absolute Gasteiger partial charge is 0.0441 e. The van der Waals surface area contributed by atoms with Crippen LogP contribution in [-0.2, 0) is 10.8 Å². The fraction of sp³-hybridized carbons (Fsp3) is 1.00. The molecule has 2 atom stereocenters. The molecule has 0 aromatic carbocycles. The van der Waals surface area contributed by atoms with Crippen LogP contribution in [0.1, 0.15) is 6.92 Å². The molecular formula is C7H17NOS2. The summed E-state index contributed by atoms with van der Waals surface area (Å²) in [6.07, 6.45) is 3.84. The molecule has 0 aromatic rings. The Morgan fingerprint density at radius 3 is 2.73 bits per heavy atom. The van der Waals surface area contributed by atoms with Gasteiger partial charge in [0.05, 0.1) is 0 Å². The SMILES string of the molecule is CSCCNCC(C)S(C)=O. The molecule has 0 aliphatic heterocycles. The number of hydrogen-bond acceptors (Lipinski definition) is 3. The summed E-state index contributed by atoms with van der Waals surface area (Å²) in [6, 6.07) is 0. The maximum absolute atomic E-state index is 10.9. The molecule has 2 unspecified atom stereocenters. The first-order chi connectivity index (χ1) is 5.18. The Morgan fingerprint density at radius 1 is 1.64 bits per heavy atom. The van der Waals surface area contributed by atoms with Crippen molar-refractivity contribution >= 4 is 22.6 Å². The third kappa shape index (κ3) is 6.84. The Balaban J connectivity index is 3.17. The largest absolute Gasteiger partial charge is 0.315 e. The van der Waals surface area contributed by atoms with Gasteiger partial charge in [0.2, 0.25) is 0 Å². The van der Waals surface area contributed by atoms with Crippen molar-refractivity contribution in [1.29, 1.82) is 0 Å². The highest BCUT2D eigenvalue weighted by atomic mass is 32.2. The zero-order chi connectivity index (χ0) is 8.69. The molecule has 0 radical (unpaired) electrons. The van der Waals surface area contributed by atoms with Gasteiger partial charge in [0.1, 0.15) is 0 Å². The molecule has 0 fully saturated rings. The highest BCUT2D eigenvalue weighted by molar-refractivity contribution is 7.98. The molecule has 0 aliphatic rings. The minimum absolute atomic E-state index is 0.275. The quantitative estimate of drug-likeness (QED) is 0.633. The van der Waals surface area contributed by atoms with Gasteiger partial charge in [-0.05, 0) is 13.2 Å². The molecule has 0 saturated carbocycles. The van der Waals surface area contributed by atoms with Gasteiger partial charge in [-0.25, -0.2) is 0 Å². The van der Waals surface area contributed by atoms with Crippen LogP contribution in [0.4, 0.5) is 0 Å². The fourth-order valence-corrected chi connectivity index (χ4v) is 1.30. The lowest BCUT2D eigenvalue weighted by molar-refractivity contribution is 0.659. The lowest BCUT2D eigenvalue weighted by Crippen LogP contribution is -2.29. The maximum atomic E-state index is 10.9. The highest BCUT2D eigenvalue weighted by Crippen LogP contribution is 1.91. The van der Waals surface area contributed by atoms with E-state index < -0.39 is 10.8 Å². The average molecular weight is 195 g/mol. The summed E-state index contributed by atoms with van der Waals surface area (Å²) in [4.78, 5) is 0. The molecule has 0 aliphatic carbocycles. The van der Waals surface area contributed by atoms with Crippen molar-refractivity contribution in [2.75, 3.05) is 31.4 Å². The molecule has 0 spiro atoms. The summed E-state index contributed by atoms with van der Waals surface area (Å²) < 4.78 is 10.9. The summed E-state index contributed by atoms with van der Waals surface area (Å²) in [6.45, 7) is 3.88. The Hall–Kier alpha value is 0.460. The lowest BCUT2D eigenvalue weighted by atomic mass is 10.5. The van der Waals surface area contributed by atoms with Crippen LogP contribution in [0, 0.1) is 0 Å². The molecule has 1 N–H and O–H groups in total. The molecule has 0 amide bonds. The van der Waals surface area contributed by atoms with Gasteiger partial charge < -0.3 is 5.32 Å². The first kappa shape index (κ1) is 11.5. The van der Waals surface area contributed by atoms with E-state index in [1.54, 1.807) is 6.26 Å². The van der Waals surface area contributed by atoms with Gasteiger partial charge in [0.25, 0.3) is 0 Å². The van der Waals surface area contributed by atoms with Gasteiger partial charge in [-0.2, -0.15) is 11.8 Å². The summed E-state index contributed by atoms with van der Waals surface area (Å²) in [5, 5.41) is 3.53. The predicted molar refractivity (Wildman–Crippen MR) is 54.8 cm³/mol. The van der Waals surface area contributed by atoms with E-state index in [1.165, 1.54) is 0 Å². The summed E-state index contributed by atoms with van der Waals surface area (Å²) in [5.74, 6) is 1.13. The molecule has 2 nitrogen and oxygen atoms in total. The van der Waals surface area contributed by atoms with E-state index in [0.29, 0.717) is 0 Å². The van der Waals surface area contributed by atoms with E-state index in [-0.39, 0.29) is 5.25 Å². The second-order valence-electron chi connectivity index (χ2n) is 2.51. The molecule has 0 bridgehead atoms. The first-order valence-electron chi connectivity index (χ1n) is 3.70. The maximum Gasteiger partial charge on any atom is 0.0441 e. The van der Waals surface area contributed by atoms with Crippen molar-refractivity contribution in [2.45, 2.75) is 12.2 Å². The predicted octanol–water partition coefficient (Wildman–Crippen LogP) is 0.706. The van der Waals surface area contributed by atoms with Crippen molar-refractivity contribution in [3.05, 3.63) is 0 Å². The first-order valence-corrected chi connectivity index (χ1v) is 6.72. The van der Waals surface area contributed by atoms with Crippen molar-refractivity contribution < 1.29 is 4.21 Å². The number of nitrogens with one attached hydrogen (secondary N) is 1. The van der Waals surface area contributed by atoms with E-state index >= 15 is 0 Å². The van der Waals surface area contributed by atoms with Gasteiger partial charge in [0, 0.05) is 41.1 Å². The number of rotatable bonds is 6. The normalized spacial score (nSPS) is 16.3. The fourth-order valence-electron chi connectivity index (χ4n) is 0.597. The van der Waals surface area contributed by atoms with Crippen molar-refractivity contribution in [3.63, 3.8) is 0 Å². The minimum Gasteiger partial charge on any atom is -0.315 e. The Kier molecular flexibility index (Phi) is 7.43. The Morgan fingerprint density at radius 2 is 2.27 bits per heavy atom. The van der Waals surface area contributed by atoms with Crippen molar-refractivity contribution in [1.82, 2.24) is 5.32 Å². The average Bonchev–Trinajstić information content (AvgIpc) is 1.97. The van der Waals surface area contributed by atoms with E-state index in [2.05, 4.69) is 11.6 Å². The second kappa shape index (κ2) is 7.13. The minimum atomic E-state index is -0.685. The summed E-state index contributed by atoms with van der Waals surface area (Å²) in [5.41, 5.74) is 0. The number of hydrogen-bond donors (Lipinski definition) is 1. The van der Waals surface area contributed by atoms with Crippen molar-refractivity contribution in [3.8, 4) is 0 Å². The van der Waals surface area contributed by atoms with E-state index in [0.717, 1.165) is 18.8 Å². The van der Waals surface area contributed by atoms with Gasteiger partial charge >= 0.3 is 0 Å². The second-order valence-corrected chi connectivity index (χ2v) is 5.29. The van der Waals surface area contributed by atoms with Gasteiger partial charge in [-0.15, -0.1) is 0 Å². The van der Waals surface area contributed by atoms with E-state index in [4.69, 9.17) is 0 Å². The highest BCUT2D eigenvalue weighted by Gasteiger charge is 2.03. The van der Waals surface area contributed by atoms with Crippen molar-refractivity contribution in [2.24, 2.45) is 0 Å². The third-order valence-electron chi connectivity index (χ3n) is 1.48. The van der Waals surface area contributed by atoms with Gasteiger partial charge in [-0.3, -0.25) is 4.21 Å². The van der Waals surface area contributed by atoms with Crippen LogP contribution < -0.4 is 5.32 Å². The lowest BCUT2D eigenvalue weighted by Gasteiger charge is -2.08. The zero-order valence-electron chi connectivity index (χ0n) is 7.42. The Labute approximate surface area is 76.0 Å². The summed E-state index contributed by atoms with van der Waals surface area (Å²) >= 11 is 1.82. The van der Waals surface area contributed by atoms with Crippen LogP contribution >= 0.6 is 11.8 Å². The molecule has 0 saturated heterocycles. The van der Waals surface area contributed by atoms with Gasteiger partial charge in [0.15, 0.2) is 0 Å². The van der Waals surface area contributed by atoms with Crippen LogP contribution in [0.15, 0.2) is 0 Å². The van der Waals surface area contributed by atoms with E-state index in [1.807, 2.05) is 18.7 Å². The summed E-state index contributed by atoms with van der Waals surface area (Å²) in [7, 11) is -0.685. The zero-order valence-corrected chi connectivity index (χ0v) is 9.06. The van der Waals surface area contributed by atoms with Crippen LogP contribution in [0.2, 0.25) is 0 Å². The van der Waals surface area contributed by atoms with Gasteiger partial charge in [-0.1, -0.05) is 0 Å². The number of thioether (sulfide) groups is 1. The third-order valence-corrected chi connectivity index (χ3v) is 3.39. The molecule has 0 rings (SSSR count). The van der Waals surface area contributed by atoms with Crippen LogP contribution in [0.3, 0.4) is 0 Å². The standard InChI is InChI=1S/C7H17NOS2/c1-7(11(3)9)6-8-4-5-10-2/h7-8H,4-6H2,1-3H3. The molecule has 0 aromatic heterocycles.